The second-order valence-corrected chi connectivity index (χ2v) is 4.60. The zero-order chi connectivity index (χ0) is 13.7. The Labute approximate surface area is 113 Å². The van der Waals surface area contributed by atoms with E-state index >= 15 is 0 Å². The van der Waals surface area contributed by atoms with Crippen molar-refractivity contribution in [3.05, 3.63) is 40.7 Å². The minimum atomic E-state index is 0.0121. The number of nitrogens with zero attached hydrogens (tertiary/aromatic N) is 1. The van der Waals surface area contributed by atoms with Crippen LogP contribution in [0.2, 0.25) is 0 Å². The summed E-state index contributed by atoms with van der Waals surface area (Å²) in [5.41, 5.74) is 1.88. The van der Waals surface area contributed by atoms with Crippen molar-refractivity contribution in [3.63, 3.8) is 0 Å². The summed E-state index contributed by atoms with van der Waals surface area (Å²) in [5.74, 6) is 0. The zero-order valence-electron chi connectivity index (χ0n) is 11.5. The van der Waals surface area contributed by atoms with Gasteiger partial charge in [0.05, 0.1) is 5.52 Å². The Morgan fingerprint density at radius 3 is 2.84 bits per heavy atom. The van der Waals surface area contributed by atoms with Crippen LogP contribution in [0.15, 0.2) is 35.1 Å². The van der Waals surface area contributed by atoms with E-state index in [2.05, 4.69) is 5.32 Å². The van der Waals surface area contributed by atoms with E-state index in [0.29, 0.717) is 0 Å². The molecule has 0 aliphatic carbocycles. The number of fused-ring (bicyclic) bond motifs is 1. The van der Waals surface area contributed by atoms with Crippen LogP contribution in [-0.2, 0) is 11.8 Å². The molecule has 0 amide bonds. The molecule has 1 aromatic carbocycles. The molecule has 0 aliphatic heterocycles. The van der Waals surface area contributed by atoms with Crippen molar-refractivity contribution in [3.8, 4) is 0 Å². The van der Waals surface area contributed by atoms with E-state index in [4.69, 9.17) is 4.74 Å². The van der Waals surface area contributed by atoms with Crippen molar-refractivity contribution in [2.24, 2.45) is 7.05 Å². The van der Waals surface area contributed by atoms with E-state index < -0.39 is 0 Å². The first-order chi connectivity index (χ1) is 9.24. The monoisotopic (exact) mass is 260 g/mol. The Kier molecular flexibility index (Phi) is 4.58. The molecule has 2 rings (SSSR count). The molecule has 1 N–H and O–H groups in total. The van der Waals surface area contributed by atoms with E-state index in [1.165, 1.54) is 0 Å². The Morgan fingerprint density at radius 1 is 1.26 bits per heavy atom. The summed E-state index contributed by atoms with van der Waals surface area (Å²) in [5, 5.41) is 4.43. The van der Waals surface area contributed by atoms with Gasteiger partial charge in [-0.25, -0.2) is 0 Å². The van der Waals surface area contributed by atoms with Crippen LogP contribution < -0.4 is 10.9 Å². The van der Waals surface area contributed by atoms with E-state index in [9.17, 15) is 4.79 Å². The van der Waals surface area contributed by atoms with Gasteiger partial charge in [0.2, 0.25) is 0 Å². The van der Waals surface area contributed by atoms with E-state index in [1.807, 2.05) is 24.3 Å². The molecule has 1 aromatic heterocycles. The maximum absolute atomic E-state index is 11.9. The van der Waals surface area contributed by atoms with E-state index in [1.54, 1.807) is 24.8 Å². The normalized spacial score (nSPS) is 10.8. The second kappa shape index (κ2) is 6.38. The molecule has 0 radical (unpaired) electrons. The number of nitrogens with one attached hydrogen (secondary N) is 1. The predicted molar refractivity (Wildman–Crippen MR) is 78.8 cm³/mol. The molecule has 0 saturated carbocycles. The first-order valence-corrected chi connectivity index (χ1v) is 6.55. The average Bonchev–Trinajstić information content (AvgIpc) is 2.44. The fourth-order valence-electron chi connectivity index (χ4n) is 2.15. The molecule has 0 saturated heterocycles. The van der Waals surface area contributed by atoms with Gasteiger partial charge in [-0.15, -0.1) is 0 Å². The second-order valence-electron chi connectivity index (χ2n) is 4.60. The number of methoxy groups -OCH3 is 1. The van der Waals surface area contributed by atoms with Crippen molar-refractivity contribution in [1.82, 2.24) is 4.57 Å². The van der Waals surface area contributed by atoms with Gasteiger partial charge >= 0.3 is 0 Å². The highest BCUT2D eigenvalue weighted by Crippen LogP contribution is 2.20. The van der Waals surface area contributed by atoms with E-state index in [0.717, 1.165) is 42.6 Å². The quantitative estimate of drug-likeness (QED) is 0.811. The Bertz CT molecular complexity index is 605. The van der Waals surface area contributed by atoms with E-state index in [-0.39, 0.29) is 5.56 Å². The van der Waals surface area contributed by atoms with Crippen molar-refractivity contribution < 1.29 is 4.74 Å². The molecule has 4 heteroatoms. The SMILES string of the molecule is COCCCCNc1cc(=O)n(C)c2ccccc12. The summed E-state index contributed by atoms with van der Waals surface area (Å²) >= 11 is 0. The highest BCUT2D eigenvalue weighted by Gasteiger charge is 2.05. The lowest BCUT2D eigenvalue weighted by atomic mass is 10.1. The summed E-state index contributed by atoms with van der Waals surface area (Å²) in [7, 11) is 3.51. The van der Waals surface area contributed by atoms with Crippen LogP contribution in [0.3, 0.4) is 0 Å². The third-order valence-corrected chi connectivity index (χ3v) is 3.24. The van der Waals surface area contributed by atoms with Crippen LogP contribution in [0, 0.1) is 0 Å². The molecule has 0 spiro atoms. The number of hydrogen-bond donors (Lipinski definition) is 1. The molecule has 0 fully saturated rings. The molecule has 19 heavy (non-hydrogen) atoms. The largest absolute Gasteiger partial charge is 0.385 e. The highest BCUT2D eigenvalue weighted by molar-refractivity contribution is 5.91. The van der Waals surface area contributed by atoms with Gasteiger partial charge in [0.15, 0.2) is 0 Å². The molecule has 0 unspecified atom stereocenters. The first-order valence-electron chi connectivity index (χ1n) is 6.55. The fraction of sp³-hybridized carbons (Fsp3) is 0.400. The van der Waals surface area contributed by atoms with Crippen molar-refractivity contribution in [2.45, 2.75) is 12.8 Å². The number of anilines is 1. The Hall–Kier alpha value is -1.81. The van der Waals surface area contributed by atoms with Gasteiger partial charge in [-0.3, -0.25) is 4.79 Å². The van der Waals surface area contributed by atoms with Crippen molar-refractivity contribution in [1.29, 1.82) is 0 Å². The number of unbranched alkanes of at least 4 members (excludes halogenated alkanes) is 1. The molecule has 1 heterocycles. The van der Waals surface area contributed by atoms with Crippen LogP contribution in [0.4, 0.5) is 5.69 Å². The molecule has 0 aliphatic rings. The maximum Gasteiger partial charge on any atom is 0.252 e. The van der Waals surface area contributed by atoms with Gasteiger partial charge in [0.25, 0.3) is 5.56 Å². The van der Waals surface area contributed by atoms with Crippen LogP contribution in [-0.4, -0.2) is 24.8 Å². The number of benzene rings is 1. The van der Waals surface area contributed by atoms with Gasteiger partial charge in [-0.2, -0.15) is 0 Å². The standard InChI is InChI=1S/C15H20N2O2/c1-17-14-8-4-3-7-12(14)13(11-15(17)18)16-9-5-6-10-19-2/h3-4,7-8,11,16H,5-6,9-10H2,1-2H3. The number of ether oxygens (including phenoxy) is 1. The zero-order valence-corrected chi connectivity index (χ0v) is 11.5. The van der Waals surface area contributed by atoms with Gasteiger partial charge in [-0.05, 0) is 18.9 Å². The molecule has 0 atom stereocenters. The predicted octanol–water partition coefficient (Wildman–Crippen LogP) is 2.38. The average molecular weight is 260 g/mol. The lowest BCUT2D eigenvalue weighted by Gasteiger charge is -2.12. The van der Waals surface area contributed by atoms with Gasteiger partial charge in [0.1, 0.15) is 0 Å². The first kappa shape index (κ1) is 13.6. The smallest absolute Gasteiger partial charge is 0.252 e. The third kappa shape index (κ3) is 3.15. The van der Waals surface area contributed by atoms with Crippen LogP contribution in [0.25, 0.3) is 10.9 Å². The van der Waals surface area contributed by atoms with Crippen LogP contribution in [0.1, 0.15) is 12.8 Å². The molecule has 2 aromatic rings. The third-order valence-electron chi connectivity index (χ3n) is 3.24. The molecule has 102 valence electrons. The number of para-hydroxylation sites is 1. The summed E-state index contributed by atoms with van der Waals surface area (Å²) in [6, 6.07) is 9.60. The molecule has 0 bridgehead atoms. The molecular weight excluding hydrogens is 240 g/mol. The highest BCUT2D eigenvalue weighted by atomic mass is 16.5. The number of pyridine rings is 1. The summed E-state index contributed by atoms with van der Waals surface area (Å²) in [6.45, 7) is 1.62. The summed E-state index contributed by atoms with van der Waals surface area (Å²) in [4.78, 5) is 11.9. The Balaban J connectivity index is 2.19. The van der Waals surface area contributed by atoms with Gasteiger partial charge in [0, 0.05) is 44.4 Å². The number of rotatable bonds is 6. The van der Waals surface area contributed by atoms with Gasteiger partial charge in [-0.1, -0.05) is 18.2 Å². The van der Waals surface area contributed by atoms with Crippen LogP contribution in [0.5, 0.6) is 0 Å². The summed E-state index contributed by atoms with van der Waals surface area (Å²) in [6.07, 6.45) is 2.05. The molecular formula is C15H20N2O2. The fourth-order valence-corrected chi connectivity index (χ4v) is 2.15. The number of hydrogen-bond acceptors (Lipinski definition) is 3. The number of aromatic nitrogens is 1. The van der Waals surface area contributed by atoms with Crippen molar-refractivity contribution in [2.75, 3.05) is 25.6 Å². The maximum atomic E-state index is 11.9. The minimum Gasteiger partial charge on any atom is -0.385 e. The summed E-state index contributed by atoms with van der Waals surface area (Å²) < 4.78 is 6.69. The molecule has 4 nitrogen and oxygen atoms in total. The lowest BCUT2D eigenvalue weighted by Crippen LogP contribution is -2.17. The lowest BCUT2D eigenvalue weighted by molar-refractivity contribution is 0.194. The van der Waals surface area contributed by atoms with Crippen LogP contribution >= 0.6 is 0 Å². The van der Waals surface area contributed by atoms with Crippen molar-refractivity contribution >= 4 is 16.6 Å². The minimum absolute atomic E-state index is 0.0121. The number of aryl methyl sites for hydroxylation is 1. The van der Waals surface area contributed by atoms with Gasteiger partial charge < -0.3 is 14.6 Å². The Morgan fingerprint density at radius 2 is 2.05 bits per heavy atom. The topological polar surface area (TPSA) is 43.3 Å².